The number of fused-ring (bicyclic) bond motifs is 1. The Balaban J connectivity index is 1.93. The van der Waals surface area contributed by atoms with Crippen molar-refractivity contribution in [3.63, 3.8) is 0 Å². The van der Waals surface area contributed by atoms with Crippen LogP contribution in [-0.4, -0.2) is 12.4 Å². The molecule has 0 aliphatic carbocycles. The zero-order valence-electron chi connectivity index (χ0n) is 12.1. The summed E-state index contributed by atoms with van der Waals surface area (Å²) >= 11 is 1.84. The molecule has 110 valence electrons. The van der Waals surface area contributed by atoms with Gasteiger partial charge in [-0.05, 0) is 29.0 Å². The molecule has 0 aromatic heterocycles. The summed E-state index contributed by atoms with van der Waals surface area (Å²) in [6.07, 6.45) is 0.979. The fourth-order valence-corrected chi connectivity index (χ4v) is 3.42. The second-order valence-electron chi connectivity index (χ2n) is 5.04. The summed E-state index contributed by atoms with van der Waals surface area (Å²) < 4.78 is 5.80. The number of thioether (sulfide) groups is 1. The van der Waals surface area contributed by atoms with Gasteiger partial charge in [-0.25, -0.2) is 5.43 Å². The normalized spacial score (nSPS) is 14.6. The number of nitrogens with two attached hydrogens (primary N) is 1. The second kappa shape index (κ2) is 6.52. The molecule has 1 aliphatic rings. The van der Waals surface area contributed by atoms with Gasteiger partial charge in [-0.15, -0.1) is 11.8 Å². The summed E-state index contributed by atoms with van der Waals surface area (Å²) in [7, 11) is 0. The first-order valence-electron chi connectivity index (χ1n) is 7.27. The van der Waals surface area contributed by atoms with Gasteiger partial charge in [0.2, 0.25) is 0 Å². The van der Waals surface area contributed by atoms with Crippen LogP contribution in [-0.2, 0) is 6.42 Å². The number of nitrogens with one attached hydrogen (secondary N) is 1. The molecule has 1 heterocycles. The molecule has 1 aliphatic heterocycles. The number of benzene rings is 2. The van der Waals surface area contributed by atoms with Gasteiger partial charge in [0.1, 0.15) is 5.75 Å². The molecule has 0 saturated carbocycles. The summed E-state index contributed by atoms with van der Waals surface area (Å²) in [5, 5.41) is 0. The molecule has 0 radical (unpaired) electrons. The Hall–Kier alpha value is -1.49. The molecular formula is C17H20N2OS. The number of hydrogen-bond donors (Lipinski definition) is 2. The molecule has 0 amide bonds. The highest BCUT2D eigenvalue weighted by molar-refractivity contribution is 7.99. The number of ether oxygens (including phenoxy) is 1. The average Bonchev–Trinajstić information content (AvgIpc) is 2.99. The molecule has 1 atom stereocenters. The standard InChI is InChI=1S/C17H20N2OS/c1-2-21-14-8-6-12(7-9-14)16(19-18)15-5-3-4-13-10-11-20-17(13)15/h3-9,16,19H,2,10-11,18H2,1H3. The van der Waals surface area contributed by atoms with Crippen LogP contribution in [0.4, 0.5) is 0 Å². The van der Waals surface area contributed by atoms with Crippen LogP contribution in [0.1, 0.15) is 29.7 Å². The molecule has 0 bridgehead atoms. The molecule has 0 fully saturated rings. The van der Waals surface area contributed by atoms with Crippen LogP contribution in [0.25, 0.3) is 0 Å². The van der Waals surface area contributed by atoms with E-state index in [9.17, 15) is 0 Å². The summed E-state index contributed by atoms with van der Waals surface area (Å²) in [5.74, 6) is 7.89. The van der Waals surface area contributed by atoms with Crippen LogP contribution in [0.15, 0.2) is 47.4 Å². The van der Waals surface area contributed by atoms with Crippen LogP contribution in [0, 0.1) is 0 Å². The van der Waals surface area contributed by atoms with E-state index < -0.39 is 0 Å². The second-order valence-corrected chi connectivity index (χ2v) is 6.37. The van der Waals surface area contributed by atoms with E-state index in [0.29, 0.717) is 0 Å². The van der Waals surface area contributed by atoms with Crippen molar-refractivity contribution in [3.8, 4) is 5.75 Å². The Bertz CT molecular complexity index is 613. The van der Waals surface area contributed by atoms with Gasteiger partial charge in [-0.2, -0.15) is 0 Å². The van der Waals surface area contributed by atoms with Crippen LogP contribution in [0.5, 0.6) is 5.75 Å². The third kappa shape index (κ3) is 2.93. The lowest BCUT2D eigenvalue weighted by atomic mass is 9.96. The summed E-state index contributed by atoms with van der Waals surface area (Å²) in [5.41, 5.74) is 6.47. The minimum Gasteiger partial charge on any atom is -0.493 e. The molecule has 4 heteroatoms. The molecule has 21 heavy (non-hydrogen) atoms. The minimum atomic E-state index is -0.0428. The van der Waals surface area contributed by atoms with Crippen LogP contribution >= 0.6 is 11.8 Å². The highest BCUT2D eigenvalue weighted by Gasteiger charge is 2.22. The van der Waals surface area contributed by atoms with Gasteiger partial charge < -0.3 is 4.74 Å². The maximum Gasteiger partial charge on any atom is 0.127 e. The number of para-hydroxylation sites is 1. The smallest absolute Gasteiger partial charge is 0.127 e. The maximum absolute atomic E-state index is 5.82. The Morgan fingerprint density at radius 1 is 1.24 bits per heavy atom. The molecule has 0 spiro atoms. The zero-order valence-corrected chi connectivity index (χ0v) is 13.0. The van der Waals surface area contributed by atoms with Crippen LogP contribution < -0.4 is 16.0 Å². The van der Waals surface area contributed by atoms with Gasteiger partial charge in [0.15, 0.2) is 0 Å². The van der Waals surface area contributed by atoms with E-state index in [1.54, 1.807) is 0 Å². The number of hydrogen-bond acceptors (Lipinski definition) is 4. The summed E-state index contributed by atoms with van der Waals surface area (Å²) in [4.78, 5) is 1.28. The third-order valence-electron chi connectivity index (χ3n) is 3.75. The van der Waals surface area contributed by atoms with Crippen molar-refractivity contribution in [2.75, 3.05) is 12.4 Å². The van der Waals surface area contributed by atoms with E-state index >= 15 is 0 Å². The van der Waals surface area contributed by atoms with Crippen molar-refractivity contribution < 1.29 is 4.74 Å². The van der Waals surface area contributed by atoms with E-state index in [1.165, 1.54) is 10.5 Å². The van der Waals surface area contributed by atoms with Crippen LogP contribution in [0.3, 0.4) is 0 Å². The third-order valence-corrected chi connectivity index (χ3v) is 4.64. The van der Waals surface area contributed by atoms with E-state index in [2.05, 4.69) is 54.8 Å². The van der Waals surface area contributed by atoms with Crippen LogP contribution in [0.2, 0.25) is 0 Å². The van der Waals surface area contributed by atoms with Crippen molar-refractivity contribution in [1.29, 1.82) is 0 Å². The van der Waals surface area contributed by atoms with Crippen molar-refractivity contribution in [1.82, 2.24) is 5.43 Å². The van der Waals surface area contributed by atoms with Gasteiger partial charge in [-0.1, -0.05) is 37.3 Å². The topological polar surface area (TPSA) is 47.3 Å². The van der Waals surface area contributed by atoms with Gasteiger partial charge in [0, 0.05) is 16.9 Å². The lowest BCUT2D eigenvalue weighted by Gasteiger charge is -2.19. The van der Waals surface area contributed by atoms with E-state index in [-0.39, 0.29) is 6.04 Å². The van der Waals surface area contributed by atoms with Crippen molar-refractivity contribution >= 4 is 11.8 Å². The highest BCUT2D eigenvalue weighted by Crippen LogP contribution is 2.36. The van der Waals surface area contributed by atoms with Crippen molar-refractivity contribution in [3.05, 3.63) is 59.2 Å². The monoisotopic (exact) mass is 300 g/mol. The Kier molecular flexibility index (Phi) is 4.48. The lowest BCUT2D eigenvalue weighted by Crippen LogP contribution is -2.29. The van der Waals surface area contributed by atoms with Gasteiger partial charge in [0.05, 0.1) is 12.6 Å². The van der Waals surface area contributed by atoms with Crippen molar-refractivity contribution in [2.24, 2.45) is 5.84 Å². The first kappa shape index (κ1) is 14.4. The first-order chi connectivity index (χ1) is 10.3. The molecule has 1 unspecified atom stereocenters. The van der Waals surface area contributed by atoms with Gasteiger partial charge in [-0.3, -0.25) is 5.84 Å². The largest absolute Gasteiger partial charge is 0.493 e. The highest BCUT2D eigenvalue weighted by atomic mass is 32.2. The number of hydrazine groups is 1. The Labute approximate surface area is 129 Å². The van der Waals surface area contributed by atoms with Crippen molar-refractivity contribution in [2.45, 2.75) is 24.3 Å². The quantitative estimate of drug-likeness (QED) is 0.505. The Morgan fingerprint density at radius 2 is 2.05 bits per heavy atom. The molecular weight excluding hydrogens is 280 g/mol. The fourth-order valence-electron chi connectivity index (χ4n) is 2.76. The van der Waals surface area contributed by atoms with E-state index in [0.717, 1.165) is 35.7 Å². The SMILES string of the molecule is CCSc1ccc(C(NN)c2cccc3c2OCC3)cc1. The minimum absolute atomic E-state index is 0.0428. The number of rotatable bonds is 5. The van der Waals surface area contributed by atoms with E-state index in [1.807, 2.05) is 11.8 Å². The molecule has 3 N–H and O–H groups in total. The summed E-state index contributed by atoms with van der Waals surface area (Å²) in [6, 6.07) is 14.8. The molecule has 3 nitrogen and oxygen atoms in total. The molecule has 2 aromatic rings. The lowest BCUT2D eigenvalue weighted by molar-refractivity contribution is 0.350. The predicted octanol–water partition coefficient (Wildman–Crippen LogP) is 3.29. The van der Waals surface area contributed by atoms with Gasteiger partial charge >= 0.3 is 0 Å². The zero-order chi connectivity index (χ0) is 14.7. The average molecular weight is 300 g/mol. The fraction of sp³-hybridized carbons (Fsp3) is 0.294. The first-order valence-corrected chi connectivity index (χ1v) is 8.25. The molecule has 3 rings (SSSR count). The summed E-state index contributed by atoms with van der Waals surface area (Å²) in [6.45, 7) is 2.92. The molecule has 0 saturated heterocycles. The van der Waals surface area contributed by atoms with E-state index in [4.69, 9.17) is 10.6 Å². The predicted molar refractivity (Wildman–Crippen MR) is 87.6 cm³/mol. The molecule has 2 aromatic carbocycles. The Morgan fingerprint density at radius 3 is 2.76 bits per heavy atom. The van der Waals surface area contributed by atoms with Gasteiger partial charge in [0.25, 0.3) is 0 Å². The maximum atomic E-state index is 5.82.